The second-order valence-corrected chi connectivity index (χ2v) is 5.62. The van der Waals surface area contributed by atoms with Gasteiger partial charge in [-0.2, -0.15) is 0 Å². The minimum Gasteiger partial charge on any atom is -0.490 e. The van der Waals surface area contributed by atoms with E-state index in [4.69, 9.17) is 14.2 Å². The highest BCUT2D eigenvalue weighted by Crippen LogP contribution is 2.36. The van der Waals surface area contributed by atoms with E-state index in [0.717, 1.165) is 44.2 Å². The van der Waals surface area contributed by atoms with Gasteiger partial charge >= 0.3 is 0 Å². The molecule has 3 unspecified atom stereocenters. The lowest BCUT2D eigenvalue weighted by molar-refractivity contribution is 0.0630. The molecule has 3 rings (SSSR count). The van der Waals surface area contributed by atoms with Crippen LogP contribution < -0.4 is 14.8 Å². The molecule has 1 N–H and O–H groups in total. The fraction of sp³-hybridized carbons (Fsp3) is 0.625. The number of benzene rings is 1. The Morgan fingerprint density at radius 1 is 1.15 bits per heavy atom. The first-order chi connectivity index (χ1) is 9.79. The molecule has 0 aromatic heterocycles. The van der Waals surface area contributed by atoms with Crippen molar-refractivity contribution in [1.82, 2.24) is 5.32 Å². The molecule has 0 saturated carbocycles. The molecular formula is C16H23NO3. The van der Waals surface area contributed by atoms with Crippen LogP contribution in [0, 0.1) is 5.92 Å². The number of hydrogen-bond donors (Lipinski definition) is 1. The summed E-state index contributed by atoms with van der Waals surface area (Å²) in [6.07, 6.45) is 2.29. The Balaban J connectivity index is 1.86. The van der Waals surface area contributed by atoms with E-state index in [9.17, 15) is 0 Å². The van der Waals surface area contributed by atoms with E-state index in [1.54, 1.807) is 0 Å². The number of nitrogens with one attached hydrogen (secondary N) is 1. The van der Waals surface area contributed by atoms with Gasteiger partial charge in [0.1, 0.15) is 0 Å². The second-order valence-electron chi connectivity index (χ2n) is 5.62. The summed E-state index contributed by atoms with van der Waals surface area (Å²) in [6, 6.07) is 6.42. The molecule has 0 radical (unpaired) electrons. The first kappa shape index (κ1) is 13.7. The van der Waals surface area contributed by atoms with Gasteiger partial charge in [0.2, 0.25) is 0 Å². The molecule has 0 bridgehead atoms. The van der Waals surface area contributed by atoms with Gasteiger partial charge in [0.25, 0.3) is 0 Å². The van der Waals surface area contributed by atoms with Gasteiger partial charge in [-0.1, -0.05) is 13.0 Å². The van der Waals surface area contributed by atoms with Crippen LogP contribution in [0.25, 0.3) is 0 Å². The minimum atomic E-state index is 0.199. The molecule has 1 saturated heterocycles. The third-order valence-electron chi connectivity index (χ3n) is 4.21. The molecule has 1 aromatic carbocycles. The highest BCUT2D eigenvalue weighted by Gasteiger charge is 2.32. The maximum Gasteiger partial charge on any atom is 0.161 e. The molecule has 1 fully saturated rings. The zero-order valence-corrected chi connectivity index (χ0v) is 12.2. The van der Waals surface area contributed by atoms with Crippen LogP contribution in [0.15, 0.2) is 18.2 Å². The van der Waals surface area contributed by atoms with E-state index in [0.29, 0.717) is 5.92 Å². The van der Waals surface area contributed by atoms with Crippen molar-refractivity contribution < 1.29 is 14.2 Å². The lowest BCUT2D eigenvalue weighted by atomic mass is 9.92. The van der Waals surface area contributed by atoms with E-state index in [1.807, 2.05) is 13.1 Å². The van der Waals surface area contributed by atoms with Crippen LogP contribution >= 0.6 is 0 Å². The standard InChI is InChI=1S/C16H23NO3/c1-11-6-9-20-16(11)15(17-2)12-4-5-13-14(10-12)19-8-3-7-18-13/h4-5,10-11,15-17H,3,6-9H2,1-2H3. The lowest BCUT2D eigenvalue weighted by Crippen LogP contribution is -2.32. The first-order valence-electron chi connectivity index (χ1n) is 7.48. The summed E-state index contributed by atoms with van der Waals surface area (Å²) >= 11 is 0. The van der Waals surface area contributed by atoms with E-state index < -0.39 is 0 Å². The van der Waals surface area contributed by atoms with Crippen LogP contribution in [0.4, 0.5) is 0 Å². The van der Waals surface area contributed by atoms with Gasteiger partial charge in [-0.3, -0.25) is 0 Å². The van der Waals surface area contributed by atoms with Gasteiger partial charge in [0.05, 0.1) is 25.4 Å². The van der Waals surface area contributed by atoms with Crippen molar-refractivity contribution in [3.63, 3.8) is 0 Å². The third-order valence-corrected chi connectivity index (χ3v) is 4.21. The van der Waals surface area contributed by atoms with Crippen LogP contribution in [0.3, 0.4) is 0 Å². The van der Waals surface area contributed by atoms with Crippen LogP contribution in [-0.2, 0) is 4.74 Å². The number of fused-ring (bicyclic) bond motifs is 1. The van der Waals surface area contributed by atoms with Crippen LogP contribution in [0.5, 0.6) is 11.5 Å². The normalized spacial score (nSPS) is 27.1. The zero-order chi connectivity index (χ0) is 13.9. The van der Waals surface area contributed by atoms with Crippen molar-refractivity contribution in [2.45, 2.75) is 31.9 Å². The van der Waals surface area contributed by atoms with Crippen molar-refractivity contribution in [2.24, 2.45) is 5.92 Å². The number of ether oxygens (including phenoxy) is 3. The van der Waals surface area contributed by atoms with Gasteiger partial charge in [0, 0.05) is 13.0 Å². The molecule has 0 aliphatic carbocycles. The smallest absolute Gasteiger partial charge is 0.161 e. The summed E-state index contributed by atoms with van der Waals surface area (Å²) in [4.78, 5) is 0. The Bertz CT molecular complexity index is 463. The Morgan fingerprint density at radius 2 is 1.95 bits per heavy atom. The van der Waals surface area contributed by atoms with Crippen LogP contribution in [0.2, 0.25) is 0 Å². The number of rotatable bonds is 3. The fourth-order valence-electron chi connectivity index (χ4n) is 3.04. The summed E-state index contributed by atoms with van der Waals surface area (Å²) in [5.74, 6) is 2.27. The van der Waals surface area contributed by atoms with Crippen LogP contribution in [0.1, 0.15) is 31.4 Å². The van der Waals surface area contributed by atoms with Crippen molar-refractivity contribution in [3.05, 3.63) is 23.8 Å². The molecule has 2 heterocycles. The molecule has 2 aliphatic heterocycles. The van der Waals surface area contributed by atoms with Crippen LogP contribution in [-0.4, -0.2) is 33.0 Å². The largest absolute Gasteiger partial charge is 0.490 e. The predicted molar refractivity (Wildman–Crippen MR) is 77.4 cm³/mol. The molecular weight excluding hydrogens is 254 g/mol. The average molecular weight is 277 g/mol. The summed E-state index contributed by atoms with van der Waals surface area (Å²) < 4.78 is 17.4. The number of likely N-dealkylation sites (N-methyl/N-ethyl adjacent to an activating group) is 1. The van der Waals surface area contributed by atoms with Crippen molar-refractivity contribution in [1.29, 1.82) is 0 Å². The van der Waals surface area contributed by atoms with E-state index in [1.165, 1.54) is 5.56 Å². The van der Waals surface area contributed by atoms with Gasteiger partial charge < -0.3 is 19.5 Å². The van der Waals surface area contributed by atoms with Crippen molar-refractivity contribution in [2.75, 3.05) is 26.9 Å². The maximum atomic E-state index is 5.91. The topological polar surface area (TPSA) is 39.7 Å². The maximum absolute atomic E-state index is 5.91. The Kier molecular flexibility index (Phi) is 4.13. The minimum absolute atomic E-state index is 0.199. The molecule has 1 aromatic rings. The highest BCUT2D eigenvalue weighted by molar-refractivity contribution is 5.44. The molecule has 20 heavy (non-hydrogen) atoms. The Morgan fingerprint density at radius 3 is 2.65 bits per heavy atom. The molecule has 110 valence electrons. The highest BCUT2D eigenvalue weighted by atomic mass is 16.5. The molecule has 2 aliphatic rings. The fourth-order valence-corrected chi connectivity index (χ4v) is 3.04. The second kappa shape index (κ2) is 6.02. The van der Waals surface area contributed by atoms with E-state index in [2.05, 4.69) is 24.4 Å². The summed E-state index contributed by atoms with van der Waals surface area (Å²) in [6.45, 7) is 4.56. The quantitative estimate of drug-likeness (QED) is 0.921. The van der Waals surface area contributed by atoms with Gasteiger partial charge in [-0.25, -0.2) is 0 Å². The Labute approximate surface area is 120 Å². The molecule has 4 nitrogen and oxygen atoms in total. The number of hydrogen-bond acceptors (Lipinski definition) is 4. The zero-order valence-electron chi connectivity index (χ0n) is 12.2. The van der Waals surface area contributed by atoms with Gasteiger partial charge in [0.15, 0.2) is 11.5 Å². The van der Waals surface area contributed by atoms with E-state index >= 15 is 0 Å². The lowest BCUT2D eigenvalue weighted by Gasteiger charge is -2.26. The molecule has 3 atom stereocenters. The summed E-state index contributed by atoms with van der Waals surface area (Å²) in [5.41, 5.74) is 1.20. The van der Waals surface area contributed by atoms with Gasteiger partial charge in [-0.05, 0) is 37.1 Å². The van der Waals surface area contributed by atoms with Gasteiger partial charge in [-0.15, -0.1) is 0 Å². The summed E-state index contributed by atoms with van der Waals surface area (Å²) in [5, 5.41) is 3.39. The SMILES string of the molecule is CNC(c1ccc2c(c1)OCCCO2)C1OCCC1C. The van der Waals surface area contributed by atoms with Crippen molar-refractivity contribution in [3.8, 4) is 11.5 Å². The third kappa shape index (κ3) is 2.63. The molecule has 0 amide bonds. The van der Waals surface area contributed by atoms with Crippen molar-refractivity contribution >= 4 is 0 Å². The summed E-state index contributed by atoms with van der Waals surface area (Å²) in [7, 11) is 1.99. The predicted octanol–water partition coefficient (Wildman–Crippen LogP) is 2.53. The molecule has 4 heteroatoms. The average Bonchev–Trinajstić information content (AvgIpc) is 2.75. The molecule has 0 spiro atoms. The monoisotopic (exact) mass is 277 g/mol. The Hall–Kier alpha value is -1.26. The first-order valence-corrected chi connectivity index (χ1v) is 7.48. The van der Waals surface area contributed by atoms with E-state index in [-0.39, 0.29) is 12.1 Å².